The normalized spacial score (nSPS) is 11.7. The number of amides is 1. The maximum atomic E-state index is 12.1. The number of anilines is 1. The van der Waals surface area contributed by atoms with E-state index in [9.17, 15) is 4.79 Å². The highest BCUT2D eigenvalue weighted by Crippen LogP contribution is 2.22. The number of thioether (sulfide) groups is 1. The van der Waals surface area contributed by atoms with Crippen molar-refractivity contribution in [2.24, 2.45) is 0 Å². The predicted molar refractivity (Wildman–Crippen MR) is 94.5 cm³/mol. The second kappa shape index (κ2) is 8.49. The van der Waals surface area contributed by atoms with Gasteiger partial charge >= 0.3 is 0 Å². The summed E-state index contributed by atoms with van der Waals surface area (Å²) < 4.78 is 0. The summed E-state index contributed by atoms with van der Waals surface area (Å²) in [6.45, 7) is 3.37. The molecule has 116 valence electrons. The minimum absolute atomic E-state index is 0.0790. The van der Waals surface area contributed by atoms with Crippen LogP contribution in [0.25, 0.3) is 0 Å². The van der Waals surface area contributed by atoms with Crippen molar-refractivity contribution in [3.8, 4) is 0 Å². The molecule has 0 aliphatic rings. The van der Waals surface area contributed by atoms with Gasteiger partial charge in [0.05, 0.1) is 5.25 Å². The monoisotopic (exact) mass is 314 g/mol. The van der Waals surface area contributed by atoms with E-state index in [0.29, 0.717) is 6.54 Å². The Morgan fingerprint density at radius 2 is 1.68 bits per heavy atom. The van der Waals surface area contributed by atoms with Gasteiger partial charge in [0.15, 0.2) is 0 Å². The van der Waals surface area contributed by atoms with Gasteiger partial charge in [-0.15, -0.1) is 11.8 Å². The van der Waals surface area contributed by atoms with Crippen molar-refractivity contribution in [2.75, 3.05) is 25.0 Å². The number of carbonyl (C=O) groups is 1. The minimum atomic E-state index is -0.0931. The molecule has 0 saturated carbocycles. The summed E-state index contributed by atoms with van der Waals surface area (Å²) in [7, 11) is 2.03. The van der Waals surface area contributed by atoms with Crippen LogP contribution in [-0.2, 0) is 4.79 Å². The van der Waals surface area contributed by atoms with Gasteiger partial charge in [-0.25, -0.2) is 0 Å². The second-order valence-electron chi connectivity index (χ2n) is 5.12. The van der Waals surface area contributed by atoms with Crippen molar-refractivity contribution in [1.82, 2.24) is 5.32 Å². The van der Waals surface area contributed by atoms with Gasteiger partial charge in [0.1, 0.15) is 0 Å². The minimum Gasteiger partial charge on any atom is -0.373 e. The summed E-state index contributed by atoms with van der Waals surface area (Å²) in [6.07, 6.45) is 0. The van der Waals surface area contributed by atoms with Gasteiger partial charge in [-0.05, 0) is 31.2 Å². The first-order chi connectivity index (χ1) is 10.7. The quantitative estimate of drug-likeness (QED) is 0.795. The number of rotatable bonds is 7. The molecule has 1 unspecified atom stereocenters. The average molecular weight is 314 g/mol. The van der Waals surface area contributed by atoms with Gasteiger partial charge < -0.3 is 10.2 Å². The lowest BCUT2D eigenvalue weighted by Crippen LogP contribution is -2.36. The maximum Gasteiger partial charge on any atom is 0.233 e. The van der Waals surface area contributed by atoms with Gasteiger partial charge in [0, 0.05) is 30.7 Å². The third kappa shape index (κ3) is 5.11. The van der Waals surface area contributed by atoms with E-state index in [2.05, 4.69) is 22.3 Å². The summed E-state index contributed by atoms with van der Waals surface area (Å²) in [6, 6.07) is 20.2. The number of nitrogens with zero attached hydrogens (tertiary/aromatic N) is 1. The van der Waals surface area contributed by atoms with E-state index in [4.69, 9.17) is 0 Å². The molecule has 0 aliphatic heterocycles. The van der Waals surface area contributed by atoms with Crippen molar-refractivity contribution in [3.05, 3.63) is 60.7 Å². The van der Waals surface area contributed by atoms with Crippen LogP contribution in [0.4, 0.5) is 5.69 Å². The van der Waals surface area contributed by atoms with Crippen LogP contribution in [0.3, 0.4) is 0 Å². The smallest absolute Gasteiger partial charge is 0.233 e. The Morgan fingerprint density at radius 3 is 2.32 bits per heavy atom. The summed E-state index contributed by atoms with van der Waals surface area (Å²) in [5.41, 5.74) is 1.16. The predicted octanol–water partition coefficient (Wildman–Crippen LogP) is 3.42. The molecule has 0 aromatic heterocycles. The van der Waals surface area contributed by atoms with Gasteiger partial charge in [-0.1, -0.05) is 36.4 Å². The van der Waals surface area contributed by atoms with Gasteiger partial charge in [-0.3, -0.25) is 4.79 Å². The first-order valence-electron chi connectivity index (χ1n) is 7.42. The molecule has 0 heterocycles. The van der Waals surface area contributed by atoms with E-state index in [1.54, 1.807) is 11.8 Å². The largest absolute Gasteiger partial charge is 0.373 e. The Labute approximate surface area is 136 Å². The molecule has 1 atom stereocenters. The third-order valence-electron chi connectivity index (χ3n) is 3.37. The highest BCUT2D eigenvalue weighted by atomic mass is 32.2. The highest BCUT2D eigenvalue weighted by molar-refractivity contribution is 8.00. The molecule has 0 aliphatic carbocycles. The van der Waals surface area contributed by atoms with E-state index in [0.717, 1.165) is 17.1 Å². The molecule has 4 heteroatoms. The Balaban J connectivity index is 1.73. The molecule has 0 bridgehead atoms. The van der Waals surface area contributed by atoms with Crippen molar-refractivity contribution < 1.29 is 4.79 Å². The van der Waals surface area contributed by atoms with Crippen LogP contribution < -0.4 is 10.2 Å². The summed E-state index contributed by atoms with van der Waals surface area (Å²) in [5, 5.41) is 2.91. The lowest BCUT2D eigenvalue weighted by molar-refractivity contribution is -0.120. The number of hydrogen-bond donors (Lipinski definition) is 1. The van der Waals surface area contributed by atoms with E-state index >= 15 is 0 Å². The number of benzene rings is 2. The van der Waals surface area contributed by atoms with Crippen LogP contribution in [0.15, 0.2) is 65.6 Å². The molecule has 0 radical (unpaired) electrons. The number of carbonyl (C=O) groups excluding carboxylic acids is 1. The lowest BCUT2D eigenvalue weighted by Gasteiger charge is -2.20. The van der Waals surface area contributed by atoms with E-state index < -0.39 is 0 Å². The number of hydrogen-bond acceptors (Lipinski definition) is 3. The Bertz CT molecular complexity index is 574. The molecule has 22 heavy (non-hydrogen) atoms. The molecule has 2 aromatic rings. The molecule has 0 spiro atoms. The summed E-state index contributed by atoms with van der Waals surface area (Å²) in [5.74, 6) is 0.0790. The van der Waals surface area contributed by atoms with E-state index in [1.807, 2.05) is 62.5 Å². The van der Waals surface area contributed by atoms with Crippen LogP contribution in [0.2, 0.25) is 0 Å². The number of nitrogens with one attached hydrogen (secondary N) is 1. The maximum absolute atomic E-state index is 12.1. The van der Waals surface area contributed by atoms with Gasteiger partial charge in [0.2, 0.25) is 5.91 Å². The van der Waals surface area contributed by atoms with Crippen LogP contribution in [0.1, 0.15) is 6.92 Å². The van der Waals surface area contributed by atoms with Crippen molar-refractivity contribution in [2.45, 2.75) is 17.1 Å². The van der Waals surface area contributed by atoms with E-state index in [1.165, 1.54) is 0 Å². The Hall–Kier alpha value is -1.94. The van der Waals surface area contributed by atoms with Crippen molar-refractivity contribution in [3.63, 3.8) is 0 Å². The molecule has 0 saturated heterocycles. The fourth-order valence-electron chi connectivity index (χ4n) is 2.06. The van der Waals surface area contributed by atoms with Gasteiger partial charge in [-0.2, -0.15) is 0 Å². The van der Waals surface area contributed by atoms with Crippen molar-refractivity contribution in [1.29, 1.82) is 0 Å². The molecule has 1 amide bonds. The Morgan fingerprint density at radius 1 is 1.09 bits per heavy atom. The number of para-hydroxylation sites is 1. The topological polar surface area (TPSA) is 32.3 Å². The zero-order chi connectivity index (χ0) is 15.8. The number of likely N-dealkylation sites (N-methyl/N-ethyl adjacent to an activating group) is 1. The molecule has 2 aromatic carbocycles. The fourth-order valence-corrected chi connectivity index (χ4v) is 2.97. The molecular weight excluding hydrogens is 292 g/mol. The SMILES string of the molecule is CC(Sc1ccccc1)C(=O)NCCN(C)c1ccccc1. The third-order valence-corrected chi connectivity index (χ3v) is 4.48. The molecule has 2 rings (SSSR count). The zero-order valence-corrected chi connectivity index (χ0v) is 13.8. The second-order valence-corrected chi connectivity index (χ2v) is 6.54. The van der Waals surface area contributed by atoms with Gasteiger partial charge in [0.25, 0.3) is 0 Å². The molecular formula is C18H22N2OS. The molecule has 1 N–H and O–H groups in total. The summed E-state index contributed by atoms with van der Waals surface area (Å²) in [4.78, 5) is 15.4. The fraction of sp³-hybridized carbons (Fsp3) is 0.278. The van der Waals surface area contributed by atoms with Crippen LogP contribution >= 0.6 is 11.8 Å². The average Bonchev–Trinajstić information content (AvgIpc) is 2.56. The van der Waals surface area contributed by atoms with E-state index in [-0.39, 0.29) is 11.2 Å². The standard InChI is InChI=1S/C18H22N2OS/c1-15(22-17-11-7-4-8-12-17)18(21)19-13-14-20(2)16-9-5-3-6-10-16/h3-12,15H,13-14H2,1-2H3,(H,19,21). The van der Waals surface area contributed by atoms with Crippen LogP contribution in [-0.4, -0.2) is 31.3 Å². The highest BCUT2D eigenvalue weighted by Gasteiger charge is 2.13. The van der Waals surface area contributed by atoms with Crippen molar-refractivity contribution >= 4 is 23.4 Å². The van der Waals surface area contributed by atoms with Crippen LogP contribution in [0, 0.1) is 0 Å². The molecule has 3 nitrogen and oxygen atoms in total. The first kappa shape index (κ1) is 16.4. The zero-order valence-electron chi connectivity index (χ0n) is 13.0. The van der Waals surface area contributed by atoms with Crippen LogP contribution in [0.5, 0.6) is 0 Å². The molecule has 0 fully saturated rings. The lowest BCUT2D eigenvalue weighted by atomic mass is 10.3. The summed E-state index contributed by atoms with van der Waals surface area (Å²) >= 11 is 1.58. The first-order valence-corrected chi connectivity index (χ1v) is 8.30. The Kier molecular flexibility index (Phi) is 6.34.